The van der Waals surface area contributed by atoms with Crippen LogP contribution in [0.3, 0.4) is 0 Å². The molecule has 4 aromatic rings. The fraction of sp³-hybridized carbons (Fsp3) is 0.350. The minimum atomic E-state index is -0.0757. The molecule has 0 radical (unpaired) electrons. The smallest absolute Gasteiger partial charge is 0.275 e. The molecular formula is C20H22N8O. The Bertz CT molecular complexity index is 1210. The highest BCUT2D eigenvalue weighted by Gasteiger charge is 2.31. The summed E-state index contributed by atoms with van der Waals surface area (Å²) in [5.74, 6) is 0.657. The number of H-pyrrole nitrogens is 1. The number of benzene rings is 1. The zero-order chi connectivity index (χ0) is 20.1. The van der Waals surface area contributed by atoms with Gasteiger partial charge < -0.3 is 9.47 Å². The number of nitrogens with one attached hydrogen (secondary N) is 1. The number of hydrogen-bond acceptors (Lipinski definition) is 5. The van der Waals surface area contributed by atoms with Crippen LogP contribution in [0.4, 0.5) is 0 Å². The van der Waals surface area contributed by atoms with E-state index in [-0.39, 0.29) is 11.9 Å². The second kappa shape index (κ2) is 6.54. The summed E-state index contributed by atoms with van der Waals surface area (Å²) in [4.78, 5) is 15.1. The van der Waals surface area contributed by atoms with Gasteiger partial charge in [0.15, 0.2) is 11.5 Å². The van der Waals surface area contributed by atoms with Crippen molar-refractivity contribution in [1.82, 2.24) is 39.6 Å². The van der Waals surface area contributed by atoms with Gasteiger partial charge in [0.2, 0.25) is 0 Å². The lowest BCUT2D eigenvalue weighted by Gasteiger charge is -2.27. The van der Waals surface area contributed by atoms with Gasteiger partial charge in [-0.1, -0.05) is 18.2 Å². The van der Waals surface area contributed by atoms with Crippen molar-refractivity contribution in [3.63, 3.8) is 0 Å². The predicted molar refractivity (Wildman–Crippen MR) is 107 cm³/mol. The van der Waals surface area contributed by atoms with Crippen LogP contribution in [0.1, 0.15) is 41.6 Å². The summed E-state index contributed by atoms with van der Waals surface area (Å²) >= 11 is 0. The maximum absolute atomic E-state index is 13.2. The normalized spacial score (nSPS) is 14.0. The first-order valence-corrected chi connectivity index (χ1v) is 9.71. The largest absolute Gasteiger partial charge is 0.332 e. The van der Waals surface area contributed by atoms with Gasteiger partial charge in [-0.05, 0) is 19.9 Å². The second-order valence-corrected chi connectivity index (χ2v) is 7.65. The van der Waals surface area contributed by atoms with Crippen molar-refractivity contribution >= 4 is 16.8 Å². The van der Waals surface area contributed by atoms with Crippen LogP contribution in [0.2, 0.25) is 0 Å². The molecule has 0 aliphatic carbocycles. The lowest BCUT2D eigenvalue weighted by Crippen LogP contribution is -2.36. The molecule has 1 aromatic carbocycles. The highest BCUT2D eigenvalue weighted by molar-refractivity contribution is 6.04. The predicted octanol–water partition coefficient (Wildman–Crippen LogP) is 2.33. The van der Waals surface area contributed by atoms with E-state index in [1.807, 2.05) is 45.5 Å². The minimum absolute atomic E-state index is 0.0757. The summed E-state index contributed by atoms with van der Waals surface area (Å²) in [7, 11) is 1.94. The van der Waals surface area contributed by atoms with E-state index in [0.29, 0.717) is 18.8 Å². The lowest BCUT2D eigenvalue weighted by atomic mass is 10.0. The average molecular weight is 390 g/mol. The molecule has 0 saturated heterocycles. The Morgan fingerprint density at radius 1 is 1.24 bits per heavy atom. The molecule has 5 rings (SSSR count). The molecule has 9 heteroatoms. The van der Waals surface area contributed by atoms with Crippen molar-refractivity contribution in [1.29, 1.82) is 0 Å². The quantitative estimate of drug-likeness (QED) is 0.579. The van der Waals surface area contributed by atoms with Crippen molar-refractivity contribution in [3.8, 4) is 11.5 Å². The van der Waals surface area contributed by atoms with Crippen LogP contribution in [0.25, 0.3) is 22.4 Å². The number of aromatic amines is 1. The molecule has 1 aliphatic heterocycles. The number of amides is 1. The summed E-state index contributed by atoms with van der Waals surface area (Å²) < 4.78 is 3.90. The molecule has 4 heterocycles. The number of carbonyl (C=O) groups excluding carboxylic acids is 1. The lowest BCUT2D eigenvalue weighted by molar-refractivity contribution is 0.0729. The molecule has 0 unspecified atom stereocenters. The number of nitrogens with zero attached hydrogens (tertiary/aromatic N) is 7. The van der Waals surface area contributed by atoms with Crippen LogP contribution in [0.15, 0.2) is 30.6 Å². The Balaban J connectivity index is 1.52. The van der Waals surface area contributed by atoms with E-state index in [9.17, 15) is 4.79 Å². The van der Waals surface area contributed by atoms with Gasteiger partial charge in [-0.15, -0.1) is 10.2 Å². The van der Waals surface area contributed by atoms with E-state index in [4.69, 9.17) is 5.10 Å². The topological polar surface area (TPSA) is 97.5 Å². The van der Waals surface area contributed by atoms with E-state index in [1.165, 1.54) is 0 Å². The monoisotopic (exact) mass is 390 g/mol. The third-order valence-corrected chi connectivity index (χ3v) is 5.54. The van der Waals surface area contributed by atoms with E-state index >= 15 is 0 Å². The van der Waals surface area contributed by atoms with E-state index in [2.05, 4.69) is 34.2 Å². The molecule has 1 N–H and O–H groups in total. The van der Waals surface area contributed by atoms with Gasteiger partial charge >= 0.3 is 0 Å². The van der Waals surface area contributed by atoms with Crippen molar-refractivity contribution in [2.45, 2.75) is 32.9 Å². The summed E-state index contributed by atoms with van der Waals surface area (Å²) in [5.41, 5.74) is 4.27. The van der Waals surface area contributed by atoms with Crippen LogP contribution in [0.5, 0.6) is 0 Å². The number of carbonyl (C=O) groups is 1. The molecule has 29 heavy (non-hydrogen) atoms. The summed E-state index contributed by atoms with van der Waals surface area (Å²) in [6.45, 7) is 5.27. The molecule has 9 nitrogen and oxygen atoms in total. The molecule has 3 aromatic heterocycles. The Morgan fingerprint density at radius 3 is 2.90 bits per heavy atom. The van der Waals surface area contributed by atoms with Gasteiger partial charge in [-0.25, -0.2) is 0 Å². The molecular weight excluding hydrogens is 368 g/mol. The van der Waals surface area contributed by atoms with Crippen LogP contribution >= 0.6 is 0 Å². The number of rotatable bonds is 3. The highest BCUT2D eigenvalue weighted by Crippen LogP contribution is 2.30. The Kier molecular flexibility index (Phi) is 3.97. The van der Waals surface area contributed by atoms with Crippen molar-refractivity contribution in [2.75, 3.05) is 6.54 Å². The van der Waals surface area contributed by atoms with Gasteiger partial charge in [-0.2, -0.15) is 10.2 Å². The van der Waals surface area contributed by atoms with Gasteiger partial charge in [0, 0.05) is 42.7 Å². The molecule has 1 amide bonds. The number of hydrogen-bond donors (Lipinski definition) is 1. The maximum atomic E-state index is 13.2. The minimum Gasteiger partial charge on any atom is -0.332 e. The third-order valence-electron chi connectivity index (χ3n) is 5.54. The number of aryl methyl sites for hydroxylation is 1. The first-order chi connectivity index (χ1) is 14.0. The summed E-state index contributed by atoms with van der Waals surface area (Å²) in [6.07, 6.45) is 2.46. The zero-order valence-electron chi connectivity index (χ0n) is 16.6. The molecule has 0 saturated carbocycles. The second-order valence-electron chi connectivity index (χ2n) is 7.65. The van der Waals surface area contributed by atoms with Gasteiger partial charge in [0.05, 0.1) is 12.1 Å². The summed E-state index contributed by atoms with van der Waals surface area (Å²) in [5, 5.41) is 21.2. The van der Waals surface area contributed by atoms with Crippen LogP contribution in [-0.4, -0.2) is 52.1 Å². The number of fused-ring (bicyclic) bond motifs is 2. The first kappa shape index (κ1) is 17.6. The fourth-order valence-corrected chi connectivity index (χ4v) is 4.01. The third kappa shape index (κ3) is 2.72. The highest BCUT2D eigenvalue weighted by atomic mass is 16.2. The molecule has 148 valence electrons. The Labute approximate surface area is 167 Å². The molecule has 0 atom stereocenters. The van der Waals surface area contributed by atoms with Crippen molar-refractivity contribution in [2.24, 2.45) is 7.05 Å². The standard InChI is InChI=1S/C20H22N8O/c1-12(2)28-11-21-24-19(28)17-14-10-27(9-8-16(14)26(3)25-17)20(29)18-13-6-4-5-7-15(13)22-23-18/h4-7,11-12H,8-10H2,1-3H3,(H,22,23). The fourth-order valence-electron chi connectivity index (χ4n) is 4.01. The van der Waals surface area contributed by atoms with Crippen LogP contribution < -0.4 is 0 Å². The van der Waals surface area contributed by atoms with Crippen molar-refractivity contribution < 1.29 is 4.79 Å². The van der Waals surface area contributed by atoms with Gasteiger partial charge in [0.25, 0.3) is 5.91 Å². The summed E-state index contributed by atoms with van der Waals surface area (Å²) in [6, 6.07) is 7.90. The molecule has 1 aliphatic rings. The van der Waals surface area contributed by atoms with E-state index in [1.54, 1.807) is 6.33 Å². The number of para-hydroxylation sites is 1. The zero-order valence-corrected chi connectivity index (χ0v) is 16.6. The van der Waals surface area contributed by atoms with E-state index in [0.717, 1.165) is 40.1 Å². The first-order valence-electron chi connectivity index (χ1n) is 9.71. The SMILES string of the molecule is CC(C)n1cnnc1-c1nn(C)c2c1CN(C(=O)c1n[nH]c3ccccc13)CC2. The maximum Gasteiger partial charge on any atom is 0.275 e. The van der Waals surface area contributed by atoms with Crippen LogP contribution in [-0.2, 0) is 20.0 Å². The van der Waals surface area contributed by atoms with E-state index < -0.39 is 0 Å². The molecule has 0 bridgehead atoms. The Hall–Kier alpha value is -3.49. The molecule has 0 fully saturated rings. The average Bonchev–Trinajstić information content (AvgIpc) is 3.44. The van der Waals surface area contributed by atoms with Crippen molar-refractivity contribution in [3.05, 3.63) is 47.5 Å². The number of aromatic nitrogens is 7. The Morgan fingerprint density at radius 2 is 2.07 bits per heavy atom. The van der Waals surface area contributed by atoms with Crippen LogP contribution in [0, 0.1) is 0 Å². The van der Waals surface area contributed by atoms with Gasteiger partial charge in [0.1, 0.15) is 12.0 Å². The van der Waals surface area contributed by atoms with Gasteiger partial charge in [-0.3, -0.25) is 14.6 Å². The molecule has 0 spiro atoms.